The minimum Gasteiger partial charge on any atom is -0.228 e. The van der Waals surface area contributed by atoms with Crippen LogP contribution in [0.1, 0.15) is 22.3 Å². The van der Waals surface area contributed by atoms with Gasteiger partial charge in [0.25, 0.3) is 0 Å². The smallest absolute Gasteiger partial charge is 0.160 e. The summed E-state index contributed by atoms with van der Waals surface area (Å²) in [5, 5.41) is 0. The molecular weight excluding hydrogens is 953 g/mol. The van der Waals surface area contributed by atoms with E-state index in [1.165, 1.54) is 72.3 Å². The summed E-state index contributed by atoms with van der Waals surface area (Å²) in [6.07, 6.45) is 0. The predicted octanol–water partition coefficient (Wildman–Crippen LogP) is 19.8. The molecule has 1 aliphatic rings. The van der Waals surface area contributed by atoms with E-state index in [2.05, 4.69) is 297 Å². The molecule has 79 heavy (non-hydrogen) atoms. The SMILES string of the molecule is c1ccc(-c2ccc(-c3cc(-c4ccc(-c5cccc(-c6cc(-c7ccccc7)cc(-c7ccc8c(c7)-c7ccccc7C8(c7ccccc7)c7ccccc7)c6-c6ccccc6)c5)cc4)nc(-c4ccccc4)n3)cc2)cc1. The first kappa shape index (κ1) is 47.2. The Morgan fingerprint density at radius 1 is 0.203 bits per heavy atom. The van der Waals surface area contributed by atoms with Crippen LogP contribution in [0.15, 0.2) is 315 Å². The highest BCUT2D eigenvalue weighted by Crippen LogP contribution is 2.57. The first-order valence-corrected chi connectivity index (χ1v) is 27.1. The molecule has 0 bridgehead atoms. The molecule has 2 heteroatoms. The Morgan fingerprint density at radius 2 is 0.570 bits per heavy atom. The molecule has 0 atom stereocenters. The van der Waals surface area contributed by atoms with Crippen molar-refractivity contribution in [3.63, 3.8) is 0 Å². The first-order chi connectivity index (χ1) is 39.2. The van der Waals surface area contributed by atoms with Gasteiger partial charge in [-0.2, -0.15) is 0 Å². The van der Waals surface area contributed by atoms with Crippen LogP contribution in [0, 0.1) is 0 Å². The highest BCUT2D eigenvalue weighted by Gasteiger charge is 2.46. The standard InChI is InChI=1S/C77H52N2/c1-7-22-53(23-8-1)55-38-42-57(43-39-55)73-52-74(79-76(78-73)60-28-13-4-14-29-60)58-44-40-56(41-45-58)61-30-21-31-62(48-61)68-50-64(54-24-9-2-10-25-54)51-69(75(68)59-26-11-3-12-27-59)63-46-47-72-70(49-63)67-36-19-20-37-71(67)77(72,65-32-15-5-16-33-65)66-34-17-6-18-35-66/h1-52H. The maximum absolute atomic E-state index is 5.18. The topological polar surface area (TPSA) is 25.8 Å². The van der Waals surface area contributed by atoms with Gasteiger partial charge in [-0.25, -0.2) is 9.97 Å². The molecule has 0 radical (unpaired) electrons. The van der Waals surface area contributed by atoms with Crippen LogP contribution in [0.4, 0.5) is 0 Å². The number of fused-ring (bicyclic) bond motifs is 3. The van der Waals surface area contributed by atoms with E-state index in [1.54, 1.807) is 0 Å². The van der Waals surface area contributed by atoms with E-state index in [4.69, 9.17) is 9.97 Å². The van der Waals surface area contributed by atoms with E-state index in [0.29, 0.717) is 5.82 Å². The molecule has 1 heterocycles. The Bertz CT molecular complexity index is 4250. The Labute approximate surface area is 462 Å². The van der Waals surface area contributed by atoms with Crippen LogP contribution in [0.25, 0.3) is 112 Å². The van der Waals surface area contributed by atoms with Gasteiger partial charge in [-0.1, -0.05) is 285 Å². The number of nitrogens with zero attached hydrogens (tertiary/aromatic N) is 2. The van der Waals surface area contributed by atoms with Crippen LogP contribution in [-0.4, -0.2) is 9.97 Å². The second-order valence-corrected chi connectivity index (χ2v) is 20.4. The van der Waals surface area contributed by atoms with Crippen molar-refractivity contribution in [1.29, 1.82) is 0 Å². The first-order valence-electron chi connectivity index (χ1n) is 27.1. The summed E-state index contributed by atoms with van der Waals surface area (Å²) >= 11 is 0. The molecular formula is C77H52N2. The van der Waals surface area contributed by atoms with Gasteiger partial charge in [-0.05, 0) is 130 Å². The van der Waals surface area contributed by atoms with E-state index in [-0.39, 0.29) is 0 Å². The number of rotatable bonds is 11. The lowest BCUT2D eigenvalue weighted by atomic mass is 9.67. The maximum Gasteiger partial charge on any atom is 0.160 e. The average molecular weight is 1010 g/mol. The van der Waals surface area contributed by atoms with Crippen molar-refractivity contribution in [3.05, 3.63) is 338 Å². The quantitative estimate of drug-likeness (QED) is 0.129. The third-order valence-electron chi connectivity index (χ3n) is 15.8. The van der Waals surface area contributed by atoms with Crippen molar-refractivity contribution in [1.82, 2.24) is 9.97 Å². The van der Waals surface area contributed by atoms with E-state index >= 15 is 0 Å². The minimum absolute atomic E-state index is 0.482. The Morgan fingerprint density at radius 3 is 1.13 bits per heavy atom. The van der Waals surface area contributed by atoms with Gasteiger partial charge in [0, 0.05) is 16.7 Å². The zero-order chi connectivity index (χ0) is 52.5. The molecule has 12 aromatic carbocycles. The summed E-state index contributed by atoms with van der Waals surface area (Å²) in [6.45, 7) is 0. The average Bonchev–Trinajstić information content (AvgIpc) is 4.10. The summed E-state index contributed by atoms with van der Waals surface area (Å²) in [5.74, 6) is 0.695. The largest absolute Gasteiger partial charge is 0.228 e. The molecule has 370 valence electrons. The van der Waals surface area contributed by atoms with Gasteiger partial charge in [-0.15, -0.1) is 0 Å². The van der Waals surface area contributed by atoms with Crippen molar-refractivity contribution >= 4 is 0 Å². The summed E-state index contributed by atoms with van der Waals surface area (Å²) in [5.41, 5.74) is 25.9. The van der Waals surface area contributed by atoms with Crippen LogP contribution in [0.2, 0.25) is 0 Å². The Balaban J connectivity index is 0.891. The molecule has 1 aliphatic carbocycles. The van der Waals surface area contributed by atoms with Gasteiger partial charge < -0.3 is 0 Å². The van der Waals surface area contributed by atoms with Crippen molar-refractivity contribution < 1.29 is 0 Å². The number of hydrogen-bond acceptors (Lipinski definition) is 2. The van der Waals surface area contributed by atoms with Gasteiger partial charge in [0.2, 0.25) is 0 Å². The van der Waals surface area contributed by atoms with E-state index in [1.807, 2.05) is 18.2 Å². The van der Waals surface area contributed by atoms with Crippen molar-refractivity contribution in [3.8, 4) is 112 Å². The second-order valence-electron chi connectivity index (χ2n) is 20.4. The minimum atomic E-state index is -0.482. The molecule has 0 saturated heterocycles. The van der Waals surface area contributed by atoms with Crippen LogP contribution in [0.5, 0.6) is 0 Å². The van der Waals surface area contributed by atoms with Crippen molar-refractivity contribution in [2.24, 2.45) is 0 Å². The lowest BCUT2D eigenvalue weighted by Gasteiger charge is -2.34. The Hall–Kier alpha value is -10.3. The molecule has 1 aromatic heterocycles. The summed E-state index contributed by atoms with van der Waals surface area (Å²) in [7, 11) is 0. The van der Waals surface area contributed by atoms with Gasteiger partial charge in [-0.3, -0.25) is 0 Å². The fourth-order valence-corrected chi connectivity index (χ4v) is 12.1. The van der Waals surface area contributed by atoms with E-state index in [9.17, 15) is 0 Å². The van der Waals surface area contributed by atoms with Gasteiger partial charge in [0.15, 0.2) is 5.82 Å². The van der Waals surface area contributed by atoms with Crippen LogP contribution in [0.3, 0.4) is 0 Å². The highest BCUT2D eigenvalue weighted by atomic mass is 14.9. The molecule has 0 unspecified atom stereocenters. The Kier molecular flexibility index (Phi) is 12.2. The lowest BCUT2D eigenvalue weighted by molar-refractivity contribution is 0.768. The number of benzene rings is 12. The molecule has 0 N–H and O–H groups in total. The van der Waals surface area contributed by atoms with Gasteiger partial charge in [0.1, 0.15) is 0 Å². The molecule has 13 aromatic rings. The number of aromatic nitrogens is 2. The highest BCUT2D eigenvalue weighted by molar-refractivity contribution is 6.00. The molecule has 0 spiro atoms. The summed E-state index contributed by atoms with van der Waals surface area (Å²) in [4.78, 5) is 10.3. The van der Waals surface area contributed by atoms with Gasteiger partial charge in [0.05, 0.1) is 16.8 Å². The molecule has 0 aliphatic heterocycles. The third kappa shape index (κ3) is 8.67. The molecule has 2 nitrogen and oxygen atoms in total. The normalized spacial score (nSPS) is 12.2. The van der Waals surface area contributed by atoms with Crippen LogP contribution in [-0.2, 0) is 5.41 Å². The second kappa shape index (κ2) is 20.3. The molecule has 14 rings (SSSR count). The maximum atomic E-state index is 5.18. The van der Waals surface area contributed by atoms with Crippen molar-refractivity contribution in [2.45, 2.75) is 5.41 Å². The van der Waals surface area contributed by atoms with Crippen molar-refractivity contribution in [2.75, 3.05) is 0 Å². The molecule has 0 saturated carbocycles. The molecule has 0 amide bonds. The summed E-state index contributed by atoms with van der Waals surface area (Å²) in [6, 6.07) is 114. The zero-order valence-electron chi connectivity index (χ0n) is 43.4. The molecule has 0 fully saturated rings. The predicted molar refractivity (Wildman–Crippen MR) is 328 cm³/mol. The number of hydrogen-bond donors (Lipinski definition) is 0. The van der Waals surface area contributed by atoms with Crippen LogP contribution >= 0.6 is 0 Å². The van der Waals surface area contributed by atoms with E-state index in [0.717, 1.165) is 55.9 Å². The lowest BCUT2D eigenvalue weighted by Crippen LogP contribution is -2.28. The van der Waals surface area contributed by atoms with E-state index < -0.39 is 5.41 Å². The van der Waals surface area contributed by atoms with Gasteiger partial charge >= 0.3 is 0 Å². The monoisotopic (exact) mass is 1000 g/mol. The van der Waals surface area contributed by atoms with Crippen LogP contribution < -0.4 is 0 Å². The summed E-state index contributed by atoms with van der Waals surface area (Å²) < 4.78 is 0. The third-order valence-corrected chi connectivity index (χ3v) is 15.8. The fraction of sp³-hybridized carbons (Fsp3) is 0.0130. The fourth-order valence-electron chi connectivity index (χ4n) is 12.1. The zero-order valence-corrected chi connectivity index (χ0v) is 43.4.